The van der Waals surface area contributed by atoms with E-state index in [1.807, 2.05) is 18.2 Å². The highest BCUT2D eigenvalue weighted by Gasteiger charge is 2.48. The summed E-state index contributed by atoms with van der Waals surface area (Å²) in [5.74, 6) is 1.41. The molecule has 0 unspecified atom stereocenters. The molecule has 0 radical (unpaired) electrons. The van der Waals surface area contributed by atoms with Crippen LogP contribution in [-0.2, 0) is 10.2 Å². The Hall–Kier alpha value is -2.79. The Balaban J connectivity index is 1.53. The molecule has 0 spiro atoms. The van der Waals surface area contributed by atoms with Crippen molar-refractivity contribution < 1.29 is 13.9 Å². The first-order valence-corrected chi connectivity index (χ1v) is 11.1. The predicted octanol–water partition coefficient (Wildman–Crippen LogP) is 4.42. The maximum absolute atomic E-state index is 12.6. The second-order valence-electron chi connectivity index (χ2n) is 8.76. The summed E-state index contributed by atoms with van der Waals surface area (Å²) in [6, 6.07) is 10.5. The molecule has 0 bridgehead atoms. The first-order chi connectivity index (χ1) is 15.1. The summed E-state index contributed by atoms with van der Waals surface area (Å²) in [5.41, 5.74) is 2.28. The molecule has 4 rings (SSSR count). The highest BCUT2D eigenvalue weighted by molar-refractivity contribution is 5.91. The fourth-order valence-corrected chi connectivity index (χ4v) is 5.41. The van der Waals surface area contributed by atoms with Crippen molar-refractivity contribution in [3.63, 3.8) is 0 Å². The molecule has 164 valence electrons. The number of likely N-dealkylation sites (tertiary alicyclic amines) is 1. The van der Waals surface area contributed by atoms with Crippen LogP contribution in [0.4, 0.5) is 0 Å². The van der Waals surface area contributed by atoms with Crippen LogP contribution >= 0.6 is 0 Å². The summed E-state index contributed by atoms with van der Waals surface area (Å²) in [5, 5.41) is 3.26. The van der Waals surface area contributed by atoms with Gasteiger partial charge in [-0.25, -0.2) is 0 Å². The van der Waals surface area contributed by atoms with E-state index in [4.69, 9.17) is 9.15 Å². The topological polar surface area (TPSA) is 54.7 Å². The Morgan fingerprint density at radius 3 is 3.06 bits per heavy atom. The molecular weight excluding hydrogens is 388 g/mol. The Kier molecular flexibility index (Phi) is 6.62. The lowest BCUT2D eigenvalue weighted by atomic mass is 9.58. The molecule has 2 aromatic rings. The maximum atomic E-state index is 12.6. The molecule has 1 saturated carbocycles. The van der Waals surface area contributed by atoms with Crippen LogP contribution in [0.15, 0.2) is 66.0 Å². The van der Waals surface area contributed by atoms with Crippen LogP contribution in [0.1, 0.15) is 36.8 Å². The number of piperidine rings is 1. The quantitative estimate of drug-likeness (QED) is 0.532. The summed E-state index contributed by atoms with van der Waals surface area (Å²) in [7, 11) is 1.72. The minimum Gasteiger partial charge on any atom is -0.497 e. The molecule has 2 fully saturated rings. The number of nitrogens with one attached hydrogen (secondary N) is 1. The van der Waals surface area contributed by atoms with Gasteiger partial charge >= 0.3 is 0 Å². The fraction of sp³-hybridized carbons (Fsp3) is 0.423. The molecule has 2 aliphatic rings. The normalized spacial score (nSPS) is 26.4. The van der Waals surface area contributed by atoms with E-state index in [0.29, 0.717) is 5.92 Å². The van der Waals surface area contributed by atoms with Crippen molar-refractivity contribution in [2.75, 3.05) is 26.7 Å². The number of carbonyl (C=O) groups excluding carboxylic acids is 1. The number of furan rings is 1. The second-order valence-corrected chi connectivity index (χ2v) is 8.76. The molecule has 2 heterocycles. The highest BCUT2D eigenvalue weighted by atomic mass is 16.5. The zero-order valence-corrected chi connectivity index (χ0v) is 18.3. The largest absolute Gasteiger partial charge is 0.497 e. The standard InChI is InChI=1S/C26H32N2O3/c1-3-13-28-14-12-26(21-5-4-6-24(16-21)30-2)17-23(9-8-22(26)18-28)27-25(29)10-7-20-11-15-31-19-20/h3-7,10-11,15-16,19,22-23H,1,8-9,12-14,17-18H2,2H3,(H,27,29)/t22-,23+,26+/m1/s1. The van der Waals surface area contributed by atoms with Gasteiger partial charge in [0.1, 0.15) is 5.75 Å². The van der Waals surface area contributed by atoms with Crippen molar-refractivity contribution in [1.82, 2.24) is 10.2 Å². The third-order valence-electron chi connectivity index (χ3n) is 6.96. The van der Waals surface area contributed by atoms with Gasteiger partial charge in [-0.05, 0) is 68.0 Å². The van der Waals surface area contributed by atoms with Crippen LogP contribution in [0.5, 0.6) is 5.75 Å². The molecule has 1 aliphatic heterocycles. The molecule has 1 N–H and O–H groups in total. The summed E-state index contributed by atoms with van der Waals surface area (Å²) in [6.45, 7) is 6.97. The van der Waals surface area contributed by atoms with Gasteiger partial charge < -0.3 is 14.5 Å². The molecule has 31 heavy (non-hydrogen) atoms. The fourth-order valence-electron chi connectivity index (χ4n) is 5.41. The number of carbonyl (C=O) groups is 1. The number of amides is 1. The summed E-state index contributed by atoms with van der Waals surface area (Å²) in [6.07, 6.45) is 12.8. The van der Waals surface area contributed by atoms with Gasteiger partial charge in [0, 0.05) is 36.2 Å². The summed E-state index contributed by atoms with van der Waals surface area (Å²) >= 11 is 0. The van der Waals surface area contributed by atoms with E-state index in [0.717, 1.165) is 56.6 Å². The van der Waals surface area contributed by atoms with Gasteiger partial charge in [-0.2, -0.15) is 0 Å². The van der Waals surface area contributed by atoms with Gasteiger partial charge in [0.15, 0.2) is 0 Å². The lowest BCUT2D eigenvalue weighted by Crippen LogP contribution is -2.56. The van der Waals surface area contributed by atoms with Crippen molar-refractivity contribution in [3.05, 3.63) is 72.7 Å². The zero-order chi connectivity index (χ0) is 21.7. The number of rotatable bonds is 7. The van der Waals surface area contributed by atoms with Gasteiger partial charge in [-0.15, -0.1) is 6.58 Å². The molecular formula is C26H32N2O3. The lowest BCUT2D eigenvalue weighted by Gasteiger charge is -2.53. The van der Waals surface area contributed by atoms with E-state index in [9.17, 15) is 4.79 Å². The van der Waals surface area contributed by atoms with Gasteiger partial charge in [0.2, 0.25) is 5.91 Å². The molecule has 1 aromatic heterocycles. The third-order valence-corrected chi connectivity index (χ3v) is 6.96. The minimum absolute atomic E-state index is 0.0467. The molecule has 1 amide bonds. The third kappa shape index (κ3) is 4.77. The smallest absolute Gasteiger partial charge is 0.244 e. The Bertz CT molecular complexity index is 920. The monoisotopic (exact) mass is 420 g/mol. The number of nitrogens with zero attached hydrogens (tertiary/aromatic N) is 1. The average molecular weight is 421 g/mol. The first kappa shape index (κ1) is 21.4. The molecule has 1 aromatic carbocycles. The van der Waals surface area contributed by atoms with Crippen LogP contribution in [-0.4, -0.2) is 43.6 Å². The number of hydrogen-bond donors (Lipinski definition) is 1. The van der Waals surface area contributed by atoms with Crippen LogP contribution < -0.4 is 10.1 Å². The van der Waals surface area contributed by atoms with Crippen molar-refractivity contribution >= 4 is 12.0 Å². The second kappa shape index (κ2) is 9.56. The van der Waals surface area contributed by atoms with E-state index in [1.165, 1.54) is 5.56 Å². The molecule has 3 atom stereocenters. The number of fused-ring (bicyclic) bond motifs is 1. The van der Waals surface area contributed by atoms with Crippen molar-refractivity contribution in [1.29, 1.82) is 0 Å². The predicted molar refractivity (Wildman–Crippen MR) is 123 cm³/mol. The van der Waals surface area contributed by atoms with E-state index in [-0.39, 0.29) is 17.4 Å². The van der Waals surface area contributed by atoms with E-state index in [1.54, 1.807) is 31.8 Å². The van der Waals surface area contributed by atoms with E-state index in [2.05, 4.69) is 35.0 Å². The molecule has 1 saturated heterocycles. The van der Waals surface area contributed by atoms with Gasteiger partial charge in [0.05, 0.1) is 19.6 Å². The SMILES string of the molecule is C=CCN1CC[C@@]2(c3cccc(OC)c3)C[C@@H](NC(=O)C=Cc3ccoc3)CC[C@@H]2C1. The van der Waals surface area contributed by atoms with Crippen LogP contribution in [0, 0.1) is 5.92 Å². The van der Waals surface area contributed by atoms with Gasteiger partial charge in [0.25, 0.3) is 0 Å². The van der Waals surface area contributed by atoms with Gasteiger partial charge in [-0.1, -0.05) is 18.2 Å². The molecule has 5 nitrogen and oxygen atoms in total. The Labute approximate surface area is 184 Å². The maximum Gasteiger partial charge on any atom is 0.244 e. The summed E-state index contributed by atoms with van der Waals surface area (Å²) < 4.78 is 10.6. The van der Waals surface area contributed by atoms with E-state index >= 15 is 0 Å². The summed E-state index contributed by atoms with van der Waals surface area (Å²) in [4.78, 5) is 15.1. The lowest BCUT2D eigenvalue weighted by molar-refractivity contribution is -0.117. The first-order valence-electron chi connectivity index (χ1n) is 11.1. The number of benzene rings is 1. The highest BCUT2D eigenvalue weighted by Crippen LogP contribution is 2.49. The molecule has 5 heteroatoms. The van der Waals surface area contributed by atoms with E-state index < -0.39 is 0 Å². The Morgan fingerprint density at radius 1 is 1.39 bits per heavy atom. The molecule has 1 aliphatic carbocycles. The number of methoxy groups -OCH3 is 1. The van der Waals surface area contributed by atoms with Crippen molar-refractivity contribution in [2.45, 2.75) is 37.1 Å². The number of hydrogen-bond acceptors (Lipinski definition) is 4. The zero-order valence-electron chi connectivity index (χ0n) is 18.3. The minimum atomic E-state index is -0.0467. The average Bonchev–Trinajstić information content (AvgIpc) is 3.32. The van der Waals surface area contributed by atoms with Crippen LogP contribution in [0.25, 0.3) is 6.08 Å². The van der Waals surface area contributed by atoms with Gasteiger partial charge in [-0.3, -0.25) is 9.69 Å². The van der Waals surface area contributed by atoms with Crippen LogP contribution in [0.3, 0.4) is 0 Å². The number of ether oxygens (including phenoxy) is 1. The Morgan fingerprint density at radius 2 is 2.29 bits per heavy atom. The van der Waals surface area contributed by atoms with Crippen LogP contribution in [0.2, 0.25) is 0 Å². The van der Waals surface area contributed by atoms with Crippen molar-refractivity contribution in [3.8, 4) is 5.75 Å². The van der Waals surface area contributed by atoms with Crippen molar-refractivity contribution in [2.24, 2.45) is 5.92 Å².